The molecule has 0 aliphatic rings. The maximum Gasteiger partial charge on any atom is 0.0269 e. The molecular formula is C24H54N6. The number of rotatable bonds is 24. The first-order valence-corrected chi connectivity index (χ1v) is 12.7. The molecule has 0 rings (SSSR count). The highest BCUT2D eigenvalue weighted by molar-refractivity contribution is 4.79. The minimum Gasteiger partial charge on any atom is -0.390 e. The molecule has 0 atom stereocenters. The van der Waals surface area contributed by atoms with Crippen LogP contribution in [0.3, 0.4) is 0 Å². The molecule has 180 valence electrons. The normalized spacial score (nSPS) is 11.9. The molecule has 0 heterocycles. The number of hydrogen-bond acceptors (Lipinski definition) is 6. The fraction of sp³-hybridized carbons (Fsp3) is 0.917. The van der Waals surface area contributed by atoms with Gasteiger partial charge in [0.05, 0.1) is 0 Å². The van der Waals surface area contributed by atoms with Crippen molar-refractivity contribution in [2.24, 2.45) is 5.73 Å². The van der Waals surface area contributed by atoms with Crippen LogP contribution in [0.4, 0.5) is 0 Å². The summed E-state index contributed by atoms with van der Waals surface area (Å²) in [5.74, 6) is 0. The predicted molar refractivity (Wildman–Crippen MR) is 134 cm³/mol. The summed E-state index contributed by atoms with van der Waals surface area (Å²) in [6, 6.07) is 0. The van der Waals surface area contributed by atoms with Crippen LogP contribution in [0.15, 0.2) is 12.3 Å². The molecule has 0 unspecified atom stereocenters. The second-order valence-corrected chi connectivity index (χ2v) is 8.18. The minimum atomic E-state index is 0.820. The highest BCUT2D eigenvalue weighted by Crippen LogP contribution is 1.93. The number of unbranched alkanes of at least 4 members (excludes halogenated alkanes) is 3. The van der Waals surface area contributed by atoms with Gasteiger partial charge in [-0.1, -0.05) is 39.7 Å². The van der Waals surface area contributed by atoms with E-state index in [0.717, 1.165) is 78.3 Å². The molecule has 0 fully saturated rings. The van der Waals surface area contributed by atoms with Gasteiger partial charge in [0.2, 0.25) is 0 Å². The Kier molecular flexibility index (Phi) is 24.1. The lowest BCUT2D eigenvalue weighted by Gasteiger charge is -2.24. The highest BCUT2D eigenvalue weighted by Gasteiger charge is 2.05. The Labute approximate surface area is 188 Å². The molecule has 0 aromatic heterocycles. The average molecular weight is 427 g/mol. The van der Waals surface area contributed by atoms with Gasteiger partial charge in [0.1, 0.15) is 0 Å². The third-order valence-electron chi connectivity index (χ3n) is 5.22. The summed E-state index contributed by atoms with van der Waals surface area (Å²) >= 11 is 0. The van der Waals surface area contributed by atoms with Gasteiger partial charge in [-0.05, 0) is 64.5 Å². The largest absolute Gasteiger partial charge is 0.390 e. The van der Waals surface area contributed by atoms with E-state index < -0.39 is 0 Å². The zero-order chi connectivity index (χ0) is 22.1. The van der Waals surface area contributed by atoms with Gasteiger partial charge in [-0.2, -0.15) is 0 Å². The van der Waals surface area contributed by atoms with Gasteiger partial charge in [0, 0.05) is 52.4 Å². The Morgan fingerprint density at radius 3 is 1.73 bits per heavy atom. The van der Waals surface area contributed by atoms with Crippen LogP contribution in [0.1, 0.15) is 65.7 Å². The predicted octanol–water partition coefficient (Wildman–Crippen LogP) is 2.62. The molecule has 0 saturated carbocycles. The van der Waals surface area contributed by atoms with Crippen LogP contribution in [-0.2, 0) is 0 Å². The second-order valence-electron chi connectivity index (χ2n) is 8.18. The molecule has 5 N–H and O–H groups in total. The van der Waals surface area contributed by atoms with E-state index in [-0.39, 0.29) is 0 Å². The van der Waals surface area contributed by atoms with Crippen LogP contribution in [0.5, 0.6) is 0 Å². The quantitative estimate of drug-likeness (QED) is 0.178. The van der Waals surface area contributed by atoms with E-state index in [1.807, 2.05) is 0 Å². The minimum absolute atomic E-state index is 0.820. The third kappa shape index (κ3) is 20.6. The van der Waals surface area contributed by atoms with Gasteiger partial charge in [-0.15, -0.1) is 0 Å². The molecule has 30 heavy (non-hydrogen) atoms. The summed E-state index contributed by atoms with van der Waals surface area (Å²) in [4.78, 5) is 5.14. The zero-order valence-corrected chi connectivity index (χ0v) is 20.6. The third-order valence-corrected chi connectivity index (χ3v) is 5.22. The van der Waals surface area contributed by atoms with E-state index in [9.17, 15) is 0 Å². The van der Waals surface area contributed by atoms with Crippen molar-refractivity contribution in [1.82, 2.24) is 25.8 Å². The Balaban J connectivity index is 3.81. The summed E-state index contributed by atoms with van der Waals surface area (Å²) in [6.45, 7) is 19.9. The van der Waals surface area contributed by atoms with Gasteiger partial charge in [0.25, 0.3) is 0 Å². The second kappa shape index (κ2) is 24.6. The van der Waals surface area contributed by atoms with Crippen LogP contribution < -0.4 is 21.7 Å². The van der Waals surface area contributed by atoms with E-state index in [2.05, 4.69) is 58.8 Å². The molecule has 6 heteroatoms. The lowest BCUT2D eigenvalue weighted by Crippen LogP contribution is -2.40. The molecular weight excluding hydrogens is 372 g/mol. The molecule has 0 aromatic rings. The SMILES string of the molecule is CCC/C=C\NCCN(CCC)CCNCCN(CCC)CCNCCCCCN. The topological polar surface area (TPSA) is 68.6 Å². The van der Waals surface area contributed by atoms with Gasteiger partial charge < -0.3 is 31.5 Å². The fourth-order valence-electron chi connectivity index (χ4n) is 3.48. The summed E-state index contributed by atoms with van der Waals surface area (Å²) in [7, 11) is 0. The Hall–Kier alpha value is -0.660. The van der Waals surface area contributed by atoms with Crippen LogP contribution in [0, 0.1) is 0 Å². The Morgan fingerprint density at radius 2 is 1.20 bits per heavy atom. The molecule has 0 amide bonds. The van der Waals surface area contributed by atoms with Crippen LogP contribution in [-0.4, -0.2) is 88.3 Å². The smallest absolute Gasteiger partial charge is 0.0269 e. The van der Waals surface area contributed by atoms with Gasteiger partial charge >= 0.3 is 0 Å². The standard InChI is InChI=1S/C24H54N6/c1-4-7-10-13-26-15-21-29(19-5-2)23-17-28-18-24-30(20-6-3)22-16-27-14-11-8-9-12-25/h10,13,26-28H,4-9,11-12,14-25H2,1-3H3/b13-10-. The average Bonchev–Trinajstić information content (AvgIpc) is 2.75. The zero-order valence-electron chi connectivity index (χ0n) is 20.6. The molecule has 6 nitrogen and oxygen atoms in total. The molecule has 0 spiro atoms. The first-order chi connectivity index (χ1) is 14.8. The molecule has 0 saturated heterocycles. The van der Waals surface area contributed by atoms with Crippen molar-refractivity contribution in [2.45, 2.75) is 65.7 Å². The molecule has 0 aliphatic carbocycles. The fourth-order valence-corrected chi connectivity index (χ4v) is 3.48. The van der Waals surface area contributed by atoms with E-state index in [0.29, 0.717) is 0 Å². The number of nitrogens with two attached hydrogens (primary N) is 1. The van der Waals surface area contributed by atoms with Crippen LogP contribution >= 0.6 is 0 Å². The van der Waals surface area contributed by atoms with E-state index in [1.165, 1.54) is 45.2 Å². The summed E-state index contributed by atoms with van der Waals surface area (Å²) in [6.07, 6.45) is 12.8. The van der Waals surface area contributed by atoms with E-state index >= 15 is 0 Å². The lowest BCUT2D eigenvalue weighted by atomic mass is 10.2. The van der Waals surface area contributed by atoms with Crippen molar-refractivity contribution in [1.29, 1.82) is 0 Å². The van der Waals surface area contributed by atoms with E-state index in [4.69, 9.17) is 5.73 Å². The lowest BCUT2D eigenvalue weighted by molar-refractivity contribution is 0.258. The monoisotopic (exact) mass is 426 g/mol. The molecule has 0 radical (unpaired) electrons. The van der Waals surface area contributed by atoms with E-state index in [1.54, 1.807) is 0 Å². The van der Waals surface area contributed by atoms with Crippen molar-refractivity contribution < 1.29 is 0 Å². The van der Waals surface area contributed by atoms with Gasteiger partial charge in [-0.25, -0.2) is 0 Å². The van der Waals surface area contributed by atoms with Crippen molar-refractivity contribution in [3.8, 4) is 0 Å². The number of nitrogens with zero attached hydrogens (tertiary/aromatic N) is 2. The van der Waals surface area contributed by atoms with Gasteiger partial charge in [0.15, 0.2) is 0 Å². The molecule has 0 aliphatic heterocycles. The summed E-state index contributed by atoms with van der Waals surface area (Å²) in [5.41, 5.74) is 5.54. The van der Waals surface area contributed by atoms with Crippen molar-refractivity contribution >= 4 is 0 Å². The number of hydrogen-bond donors (Lipinski definition) is 4. The van der Waals surface area contributed by atoms with Crippen LogP contribution in [0.2, 0.25) is 0 Å². The summed E-state index contributed by atoms with van der Waals surface area (Å²) < 4.78 is 0. The summed E-state index contributed by atoms with van der Waals surface area (Å²) in [5, 5.41) is 10.7. The number of nitrogens with one attached hydrogen (secondary N) is 3. The highest BCUT2D eigenvalue weighted by atomic mass is 15.2. The Morgan fingerprint density at radius 1 is 0.633 bits per heavy atom. The Bertz CT molecular complexity index is 351. The first-order valence-electron chi connectivity index (χ1n) is 12.7. The van der Waals surface area contributed by atoms with Crippen LogP contribution in [0.25, 0.3) is 0 Å². The molecule has 0 bridgehead atoms. The van der Waals surface area contributed by atoms with Crippen molar-refractivity contribution in [2.75, 3.05) is 78.5 Å². The van der Waals surface area contributed by atoms with Gasteiger partial charge in [-0.3, -0.25) is 0 Å². The van der Waals surface area contributed by atoms with Crippen molar-refractivity contribution in [3.05, 3.63) is 12.3 Å². The first kappa shape index (κ1) is 29.3. The van der Waals surface area contributed by atoms with Crippen molar-refractivity contribution in [3.63, 3.8) is 0 Å². The number of allylic oxidation sites excluding steroid dienone is 1. The molecule has 0 aromatic carbocycles. The maximum atomic E-state index is 5.54. The maximum absolute atomic E-state index is 5.54.